The Balaban J connectivity index is 2.13. The summed E-state index contributed by atoms with van der Waals surface area (Å²) in [7, 11) is 4.21. The number of halogens is 1. The van der Waals surface area contributed by atoms with Crippen LogP contribution < -0.4 is 0 Å². The molecule has 20 heavy (non-hydrogen) atoms. The van der Waals surface area contributed by atoms with E-state index in [1.54, 1.807) is 0 Å². The molecule has 2 aromatic carbocycles. The molecule has 2 nitrogen and oxygen atoms in total. The van der Waals surface area contributed by atoms with Crippen molar-refractivity contribution in [1.82, 2.24) is 4.90 Å². The molecule has 0 bridgehead atoms. The van der Waals surface area contributed by atoms with Gasteiger partial charge in [0.2, 0.25) is 0 Å². The van der Waals surface area contributed by atoms with Gasteiger partial charge in [0.05, 0.1) is 5.02 Å². The summed E-state index contributed by atoms with van der Waals surface area (Å²) < 4.78 is 0. The van der Waals surface area contributed by atoms with Gasteiger partial charge in [-0.1, -0.05) is 41.9 Å². The van der Waals surface area contributed by atoms with Crippen LogP contribution in [0.1, 0.15) is 22.6 Å². The van der Waals surface area contributed by atoms with E-state index in [4.69, 9.17) is 11.6 Å². The van der Waals surface area contributed by atoms with E-state index in [0.29, 0.717) is 17.0 Å². The van der Waals surface area contributed by atoms with Gasteiger partial charge in [-0.25, -0.2) is 0 Å². The Kier molecular flexibility index (Phi) is 3.45. The zero-order valence-electron chi connectivity index (χ0n) is 11.7. The lowest BCUT2D eigenvalue weighted by Crippen LogP contribution is -2.32. The van der Waals surface area contributed by atoms with Crippen LogP contribution in [0.5, 0.6) is 5.75 Å². The van der Waals surface area contributed by atoms with Gasteiger partial charge in [-0.05, 0) is 49.3 Å². The number of rotatable bonds is 2. The van der Waals surface area contributed by atoms with Crippen molar-refractivity contribution in [1.29, 1.82) is 0 Å². The van der Waals surface area contributed by atoms with E-state index in [-0.39, 0.29) is 5.75 Å². The van der Waals surface area contributed by atoms with Crippen LogP contribution in [0.3, 0.4) is 0 Å². The molecule has 0 fully saturated rings. The highest BCUT2D eigenvalue weighted by Crippen LogP contribution is 2.43. The number of benzene rings is 2. The molecular weight excluding hydrogens is 270 g/mol. The van der Waals surface area contributed by atoms with Crippen molar-refractivity contribution in [2.24, 2.45) is 0 Å². The van der Waals surface area contributed by atoms with E-state index in [1.165, 1.54) is 16.7 Å². The van der Waals surface area contributed by atoms with Crippen molar-refractivity contribution in [3.8, 4) is 5.75 Å². The number of phenolic OH excluding ortho intramolecular Hbond substituents is 1. The zero-order valence-corrected chi connectivity index (χ0v) is 12.4. The van der Waals surface area contributed by atoms with Gasteiger partial charge >= 0.3 is 0 Å². The second kappa shape index (κ2) is 5.12. The molecule has 104 valence electrons. The molecule has 1 aliphatic rings. The Morgan fingerprint density at radius 2 is 1.85 bits per heavy atom. The number of hydrogen-bond donors (Lipinski definition) is 1. The van der Waals surface area contributed by atoms with Crippen LogP contribution in [0.4, 0.5) is 0 Å². The summed E-state index contributed by atoms with van der Waals surface area (Å²) in [5.41, 5.74) is 3.73. The van der Waals surface area contributed by atoms with Crippen molar-refractivity contribution in [2.75, 3.05) is 14.1 Å². The molecule has 0 radical (unpaired) electrons. The third kappa shape index (κ3) is 2.19. The van der Waals surface area contributed by atoms with Crippen LogP contribution in [-0.4, -0.2) is 30.1 Å². The average molecular weight is 288 g/mol. The number of hydrogen-bond acceptors (Lipinski definition) is 2. The monoisotopic (exact) mass is 287 g/mol. The van der Waals surface area contributed by atoms with Gasteiger partial charge in [0.15, 0.2) is 0 Å². The lowest BCUT2D eigenvalue weighted by atomic mass is 9.89. The van der Waals surface area contributed by atoms with E-state index in [9.17, 15) is 5.11 Å². The molecule has 0 unspecified atom stereocenters. The third-order valence-corrected chi connectivity index (χ3v) is 4.48. The number of phenols is 1. The lowest BCUT2D eigenvalue weighted by Gasteiger charge is -2.27. The molecule has 0 saturated carbocycles. The average Bonchev–Trinajstić information content (AvgIpc) is 2.79. The van der Waals surface area contributed by atoms with Crippen LogP contribution in [0.25, 0.3) is 0 Å². The first kappa shape index (κ1) is 13.5. The van der Waals surface area contributed by atoms with Crippen LogP contribution in [0, 0.1) is 0 Å². The molecule has 1 aliphatic carbocycles. The molecule has 0 amide bonds. The van der Waals surface area contributed by atoms with Gasteiger partial charge in [0.1, 0.15) is 5.75 Å². The molecule has 2 atom stereocenters. The van der Waals surface area contributed by atoms with E-state index < -0.39 is 0 Å². The Morgan fingerprint density at radius 1 is 1.15 bits per heavy atom. The molecule has 3 rings (SSSR count). The first-order chi connectivity index (χ1) is 9.58. The molecular formula is C17H18ClNO. The Morgan fingerprint density at radius 3 is 2.50 bits per heavy atom. The molecule has 0 aliphatic heterocycles. The zero-order chi connectivity index (χ0) is 14.3. The van der Waals surface area contributed by atoms with Crippen LogP contribution in [0.15, 0.2) is 42.5 Å². The number of fused-ring (bicyclic) bond motifs is 1. The molecule has 0 heterocycles. The second-order valence-corrected chi connectivity index (χ2v) is 6.03. The Labute approximate surface area is 124 Å². The fraction of sp³-hybridized carbons (Fsp3) is 0.294. The summed E-state index contributed by atoms with van der Waals surface area (Å²) in [6.45, 7) is 0. The van der Waals surface area contributed by atoms with Gasteiger partial charge in [0, 0.05) is 12.0 Å². The van der Waals surface area contributed by atoms with E-state index >= 15 is 0 Å². The van der Waals surface area contributed by atoms with Crippen molar-refractivity contribution in [3.63, 3.8) is 0 Å². The highest BCUT2D eigenvalue weighted by molar-refractivity contribution is 6.32. The summed E-state index contributed by atoms with van der Waals surface area (Å²) in [6, 6.07) is 14.6. The fourth-order valence-electron chi connectivity index (χ4n) is 3.18. The predicted octanol–water partition coefficient (Wildman–Crippen LogP) is 3.66. The number of nitrogens with zero attached hydrogens (tertiary/aromatic N) is 1. The Hall–Kier alpha value is -1.51. The maximum atomic E-state index is 9.82. The second-order valence-electron chi connectivity index (χ2n) is 5.63. The van der Waals surface area contributed by atoms with Gasteiger partial charge < -0.3 is 10.0 Å². The summed E-state index contributed by atoms with van der Waals surface area (Å²) in [6.07, 6.45) is 0.937. The lowest BCUT2D eigenvalue weighted by molar-refractivity contribution is 0.283. The maximum Gasteiger partial charge on any atom is 0.134 e. The van der Waals surface area contributed by atoms with E-state index in [0.717, 1.165) is 6.42 Å². The number of likely N-dealkylation sites (N-methyl/N-ethyl adjacent to an activating group) is 1. The SMILES string of the molecule is CN(C)[C@@H]1Cc2cc(O)c(Cl)cc2[C@H]1c1ccccc1. The maximum absolute atomic E-state index is 9.82. The minimum Gasteiger partial charge on any atom is -0.506 e. The molecule has 0 aromatic heterocycles. The normalized spacial score (nSPS) is 21.2. The van der Waals surface area contributed by atoms with Crippen molar-refractivity contribution in [3.05, 3.63) is 64.2 Å². The van der Waals surface area contributed by atoms with Gasteiger partial charge in [0.25, 0.3) is 0 Å². The van der Waals surface area contributed by atoms with Crippen LogP contribution in [0.2, 0.25) is 5.02 Å². The minimum atomic E-state index is 0.177. The minimum absolute atomic E-state index is 0.177. The van der Waals surface area contributed by atoms with Crippen molar-refractivity contribution >= 4 is 11.6 Å². The first-order valence-electron chi connectivity index (χ1n) is 6.80. The van der Waals surface area contributed by atoms with E-state index in [1.807, 2.05) is 18.2 Å². The summed E-state index contributed by atoms with van der Waals surface area (Å²) in [5.74, 6) is 0.482. The predicted molar refractivity (Wildman–Crippen MR) is 82.6 cm³/mol. The fourth-order valence-corrected chi connectivity index (χ4v) is 3.35. The van der Waals surface area contributed by atoms with Gasteiger partial charge in [-0.3, -0.25) is 0 Å². The van der Waals surface area contributed by atoms with E-state index in [2.05, 4.69) is 43.3 Å². The molecule has 3 heteroatoms. The summed E-state index contributed by atoms with van der Waals surface area (Å²) in [4.78, 5) is 2.25. The largest absolute Gasteiger partial charge is 0.506 e. The van der Waals surface area contributed by atoms with Gasteiger partial charge in [-0.2, -0.15) is 0 Å². The molecule has 1 N–H and O–H groups in total. The molecule has 2 aromatic rings. The standard InChI is InChI=1S/C17H18ClNO/c1-19(2)15-8-12-9-16(20)14(18)10-13(12)17(15)11-6-4-3-5-7-11/h3-7,9-10,15,17,20H,8H2,1-2H3/t15-,17-/m1/s1. The van der Waals surface area contributed by atoms with Crippen LogP contribution in [-0.2, 0) is 6.42 Å². The van der Waals surface area contributed by atoms with Crippen molar-refractivity contribution < 1.29 is 5.11 Å². The Bertz CT molecular complexity index is 624. The molecule has 0 spiro atoms. The summed E-state index contributed by atoms with van der Waals surface area (Å²) >= 11 is 6.11. The van der Waals surface area contributed by atoms with Gasteiger partial charge in [-0.15, -0.1) is 0 Å². The first-order valence-corrected chi connectivity index (χ1v) is 7.18. The third-order valence-electron chi connectivity index (χ3n) is 4.18. The van der Waals surface area contributed by atoms with Crippen LogP contribution >= 0.6 is 11.6 Å². The summed E-state index contributed by atoms with van der Waals surface area (Å²) in [5, 5.41) is 10.3. The quantitative estimate of drug-likeness (QED) is 0.911. The highest BCUT2D eigenvalue weighted by atomic mass is 35.5. The smallest absolute Gasteiger partial charge is 0.134 e. The number of aromatic hydroxyl groups is 1. The topological polar surface area (TPSA) is 23.5 Å². The molecule has 0 saturated heterocycles. The van der Waals surface area contributed by atoms with Crippen molar-refractivity contribution in [2.45, 2.75) is 18.4 Å². The highest BCUT2D eigenvalue weighted by Gasteiger charge is 2.35.